The van der Waals surface area contributed by atoms with Crippen molar-refractivity contribution in [3.05, 3.63) is 29.8 Å². The van der Waals surface area contributed by atoms with E-state index in [1.165, 1.54) is 0 Å². The zero-order valence-corrected chi connectivity index (χ0v) is 15.2. The Morgan fingerprint density at radius 3 is 2.36 bits per heavy atom. The van der Waals surface area contributed by atoms with Gasteiger partial charge < -0.3 is 16.0 Å². The molecule has 1 aromatic carbocycles. The summed E-state index contributed by atoms with van der Waals surface area (Å²) in [5, 5.41) is 8.21. The highest BCUT2D eigenvalue weighted by molar-refractivity contribution is 7.88. The number of hydrogen-bond donors (Lipinski definition) is 4. The van der Waals surface area contributed by atoms with Crippen molar-refractivity contribution in [1.82, 2.24) is 15.4 Å². The van der Waals surface area contributed by atoms with E-state index in [-0.39, 0.29) is 37.0 Å². The number of carbonyl (C=O) groups is 2. The van der Waals surface area contributed by atoms with E-state index < -0.39 is 10.0 Å². The molecular formula is C16H24N4O4S. The third-order valence-corrected chi connectivity index (χ3v) is 4.48. The van der Waals surface area contributed by atoms with E-state index in [2.05, 4.69) is 20.7 Å². The van der Waals surface area contributed by atoms with E-state index in [9.17, 15) is 18.0 Å². The lowest BCUT2D eigenvalue weighted by Crippen LogP contribution is -2.41. The summed E-state index contributed by atoms with van der Waals surface area (Å²) in [6, 6.07) is 6.70. The quantitative estimate of drug-likeness (QED) is 0.511. The summed E-state index contributed by atoms with van der Waals surface area (Å²) < 4.78 is 24.1. The zero-order chi connectivity index (χ0) is 18.4. The molecule has 0 heterocycles. The Balaban J connectivity index is 1.74. The SMILES string of the molecule is CC(NC(=O)NCCNS(C)(=O)=O)c1ccc(NC(=O)C2CC2)cc1. The van der Waals surface area contributed by atoms with Crippen LogP contribution in [0.1, 0.15) is 31.4 Å². The van der Waals surface area contributed by atoms with Crippen LogP contribution in [0.25, 0.3) is 0 Å². The van der Waals surface area contributed by atoms with Gasteiger partial charge >= 0.3 is 6.03 Å². The summed E-state index contributed by atoms with van der Waals surface area (Å²) in [5.41, 5.74) is 1.64. The van der Waals surface area contributed by atoms with Gasteiger partial charge in [-0.25, -0.2) is 17.9 Å². The summed E-state index contributed by atoms with van der Waals surface area (Å²) in [6.45, 7) is 2.17. The van der Waals surface area contributed by atoms with Gasteiger partial charge in [-0.3, -0.25) is 4.79 Å². The third-order valence-electron chi connectivity index (χ3n) is 3.75. The van der Waals surface area contributed by atoms with Gasteiger partial charge in [-0.15, -0.1) is 0 Å². The number of sulfonamides is 1. The smallest absolute Gasteiger partial charge is 0.315 e. The van der Waals surface area contributed by atoms with Crippen LogP contribution < -0.4 is 20.7 Å². The van der Waals surface area contributed by atoms with Crippen molar-refractivity contribution < 1.29 is 18.0 Å². The summed E-state index contributed by atoms with van der Waals surface area (Å²) in [7, 11) is -3.25. The van der Waals surface area contributed by atoms with Crippen LogP contribution >= 0.6 is 0 Å². The Morgan fingerprint density at radius 2 is 1.80 bits per heavy atom. The first-order valence-corrected chi connectivity index (χ1v) is 10.0. The molecule has 25 heavy (non-hydrogen) atoms. The van der Waals surface area contributed by atoms with Gasteiger partial charge in [-0.05, 0) is 37.5 Å². The molecule has 0 aliphatic heterocycles. The molecule has 0 saturated heterocycles. The standard InChI is InChI=1S/C16H24N4O4S/c1-11(19-16(22)17-9-10-18-25(2,23)24)12-5-7-14(8-6-12)20-15(21)13-3-4-13/h5-8,11,13,18H,3-4,9-10H2,1-2H3,(H,20,21)(H2,17,19,22). The van der Waals surface area contributed by atoms with Crippen molar-refractivity contribution in [2.24, 2.45) is 5.92 Å². The Hall–Kier alpha value is -2.13. The fourth-order valence-corrected chi connectivity index (χ4v) is 2.66. The molecule has 1 atom stereocenters. The molecule has 1 fully saturated rings. The Morgan fingerprint density at radius 1 is 1.16 bits per heavy atom. The topological polar surface area (TPSA) is 116 Å². The van der Waals surface area contributed by atoms with E-state index in [0.29, 0.717) is 0 Å². The fraction of sp³-hybridized carbons (Fsp3) is 0.500. The molecule has 0 radical (unpaired) electrons. The van der Waals surface area contributed by atoms with Crippen molar-refractivity contribution >= 4 is 27.6 Å². The largest absolute Gasteiger partial charge is 0.337 e. The fourth-order valence-electron chi connectivity index (χ4n) is 2.19. The predicted octanol–water partition coefficient (Wildman–Crippen LogP) is 0.945. The highest BCUT2D eigenvalue weighted by Gasteiger charge is 2.29. The maximum Gasteiger partial charge on any atom is 0.315 e. The van der Waals surface area contributed by atoms with Crippen molar-refractivity contribution in [2.75, 3.05) is 24.7 Å². The van der Waals surface area contributed by atoms with Crippen LogP contribution in [0.3, 0.4) is 0 Å². The van der Waals surface area contributed by atoms with Gasteiger partial charge in [0, 0.05) is 24.7 Å². The van der Waals surface area contributed by atoms with Crippen molar-refractivity contribution in [1.29, 1.82) is 0 Å². The van der Waals surface area contributed by atoms with E-state index in [4.69, 9.17) is 0 Å². The molecule has 4 N–H and O–H groups in total. The Labute approximate surface area is 147 Å². The Kier molecular flexibility index (Phi) is 6.38. The number of nitrogens with one attached hydrogen (secondary N) is 4. The van der Waals surface area contributed by atoms with Gasteiger partial charge in [0.15, 0.2) is 0 Å². The summed E-state index contributed by atoms with van der Waals surface area (Å²) >= 11 is 0. The first-order valence-electron chi connectivity index (χ1n) is 8.14. The lowest BCUT2D eigenvalue weighted by Gasteiger charge is -2.16. The van der Waals surface area contributed by atoms with Gasteiger partial charge in [0.05, 0.1) is 12.3 Å². The second-order valence-electron chi connectivity index (χ2n) is 6.17. The highest BCUT2D eigenvalue weighted by Crippen LogP contribution is 2.30. The van der Waals surface area contributed by atoms with Gasteiger partial charge in [0.1, 0.15) is 0 Å². The molecule has 0 aromatic heterocycles. The normalized spacial score (nSPS) is 15.3. The van der Waals surface area contributed by atoms with Gasteiger partial charge in [-0.2, -0.15) is 0 Å². The summed E-state index contributed by atoms with van der Waals surface area (Å²) in [5.74, 6) is 0.210. The maximum atomic E-state index is 11.8. The molecule has 138 valence electrons. The number of rotatable bonds is 8. The van der Waals surface area contributed by atoms with Crippen molar-refractivity contribution in [2.45, 2.75) is 25.8 Å². The first-order chi connectivity index (χ1) is 11.7. The number of benzene rings is 1. The van der Waals surface area contributed by atoms with Crippen LogP contribution in [-0.4, -0.2) is 39.7 Å². The second kappa shape index (κ2) is 8.30. The molecule has 1 aliphatic rings. The minimum absolute atomic E-state index is 0.0565. The number of amides is 3. The molecule has 1 aliphatic carbocycles. The number of urea groups is 1. The highest BCUT2D eigenvalue weighted by atomic mass is 32.2. The van der Waals surface area contributed by atoms with Crippen molar-refractivity contribution in [3.8, 4) is 0 Å². The van der Waals surface area contributed by atoms with E-state index >= 15 is 0 Å². The average molecular weight is 368 g/mol. The van der Waals surface area contributed by atoms with Crippen LogP contribution in [0.2, 0.25) is 0 Å². The van der Waals surface area contributed by atoms with Crippen LogP contribution in [0, 0.1) is 5.92 Å². The van der Waals surface area contributed by atoms with Gasteiger partial charge in [0.2, 0.25) is 15.9 Å². The molecular weight excluding hydrogens is 344 g/mol. The van der Waals surface area contributed by atoms with Crippen LogP contribution in [-0.2, 0) is 14.8 Å². The molecule has 1 aromatic rings. The average Bonchev–Trinajstić information content (AvgIpc) is 3.36. The van der Waals surface area contributed by atoms with Crippen molar-refractivity contribution in [3.63, 3.8) is 0 Å². The lowest BCUT2D eigenvalue weighted by molar-refractivity contribution is -0.117. The zero-order valence-electron chi connectivity index (χ0n) is 14.3. The van der Waals surface area contributed by atoms with Crippen LogP contribution in [0.15, 0.2) is 24.3 Å². The number of carbonyl (C=O) groups excluding carboxylic acids is 2. The molecule has 0 bridgehead atoms. The maximum absolute atomic E-state index is 11.8. The minimum atomic E-state index is -3.25. The molecule has 0 spiro atoms. The van der Waals surface area contributed by atoms with Crippen LogP contribution in [0.5, 0.6) is 0 Å². The number of hydrogen-bond acceptors (Lipinski definition) is 4. The minimum Gasteiger partial charge on any atom is -0.337 e. The third kappa shape index (κ3) is 7.10. The monoisotopic (exact) mass is 368 g/mol. The molecule has 8 nitrogen and oxygen atoms in total. The second-order valence-corrected chi connectivity index (χ2v) is 8.01. The lowest BCUT2D eigenvalue weighted by atomic mass is 10.1. The van der Waals surface area contributed by atoms with E-state index in [0.717, 1.165) is 30.3 Å². The molecule has 1 unspecified atom stereocenters. The van der Waals surface area contributed by atoms with E-state index in [1.807, 2.05) is 31.2 Å². The predicted molar refractivity (Wildman–Crippen MR) is 95.6 cm³/mol. The van der Waals surface area contributed by atoms with E-state index in [1.54, 1.807) is 0 Å². The van der Waals surface area contributed by atoms with Gasteiger partial charge in [-0.1, -0.05) is 12.1 Å². The summed E-state index contributed by atoms with van der Waals surface area (Å²) in [4.78, 5) is 23.5. The van der Waals surface area contributed by atoms with Gasteiger partial charge in [0.25, 0.3) is 0 Å². The number of anilines is 1. The Bertz CT molecular complexity index is 714. The summed E-state index contributed by atoms with van der Waals surface area (Å²) in [6.07, 6.45) is 2.98. The van der Waals surface area contributed by atoms with Crippen LogP contribution in [0.4, 0.5) is 10.5 Å². The first kappa shape index (κ1) is 19.2. The molecule has 9 heteroatoms. The molecule has 2 rings (SSSR count). The molecule has 1 saturated carbocycles. The molecule has 3 amide bonds.